The first-order valence-corrected chi connectivity index (χ1v) is 5.46. The Balaban J connectivity index is 2.53. The Morgan fingerprint density at radius 2 is 2.17 bits per heavy atom. The van der Waals surface area contributed by atoms with E-state index in [1.807, 2.05) is 0 Å². The van der Waals surface area contributed by atoms with Gasteiger partial charge in [0.25, 0.3) is 5.56 Å². The molecule has 5 heteroatoms. The quantitative estimate of drug-likeness (QED) is 0.904. The highest BCUT2D eigenvalue weighted by atomic mass is 19.1. The molecule has 0 fully saturated rings. The first kappa shape index (κ1) is 12.4. The van der Waals surface area contributed by atoms with Gasteiger partial charge in [-0.3, -0.25) is 4.79 Å². The molecule has 0 aliphatic rings. The minimum Gasteiger partial charge on any atom is -0.377 e. The summed E-state index contributed by atoms with van der Waals surface area (Å²) in [7, 11) is 1.52. The summed E-state index contributed by atoms with van der Waals surface area (Å²) in [5.41, 5.74) is 1.73. The lowest BCUT2D eigenvalue weighted by atomic mass is 10.1. The molecular formula is C13H13FN2O2. The molecule has 1 aromatic heterocycles. The second-order valence-corrected chi connectivity index (χ2v) is 3.97. The zero-order valence-electron chi connectivity index (χ0n) is 10.2. The van der Waals surface area contributed by atoms with Gasteiger partial charge < -0.3 is 9.72 Å². The average Bonchev–Trinajstić information content (AvgIpc) is 2.28. The maximum atomic E-state index is 13.0. The summed E-state index contributed by atoms with van der Waals surface area (Å²) in [4.78, 5) is 18.4. The second kappa shape index (κ2) is 5.10. The van der Waals surface area contributed by atoms with E-state index in [9.17, 15) is 9.18 Å². The molecule has 0 aliphatic carbocycles. The van der Waals surface area contributed by atoms with Crippen LogP contribution >= 0.6 is 0 Å². The topological polar surface area (TPSA) is 55.0 Å². The molecule has 0 bridgehead atoms. The van der Waals surface area contributed by atoms with E-state index in [4.69, 9.17) is 4.74 Å². The number of rotatable bonds is 3. The van der Waals surface area contributed by atoms with Crippen molar-refractivity contribution in [1.29, 1.82) is 0 Å². The molecule has 94 valence electrons. The van der Waals surface area contributed by atoms with E-state index in [1.54, 1.807) is 13.0 Å². The van der Waals surface area contributed by atoms with Gasteiger partial charge in [-0.05, 0) is 30.7 Å². The van der Waals surface area contributed by atoms with Crippen molar-refractivity contribution in [2.24, 2.45) is 0 Å². The van der Waals surface area contributed by atoms with Crippen LogP contribution in [0.15, 0.2) is 29.1 Å². The maximum absolute atomic E-state index is 13.0. The van der Waals surface area contributed by atoms with Crippen LogP contribution < -0.4 is 5.56 Å². The molecule has 0 amide bonds. The van der Waals surface area contributed by atoms with E-state index in [0.717, 1.165) is 11.1 Å². The van der Waals surface area contributed by atoms with Gasteiger partial charge >= 0.3 is 0 Å². The predicted molar refractivity (Wildman–Crippen MR) is 65.7 cm³/mol. The van der Waals surface area contributed by atoms with Gasteiger partial charge in [-0.25, -0.2) is 9.37 Å². The number of aromatic amines is 1. The lowest BCUT2D eigenvalue weighted by Gasteiger charge is -2.06. The third-order valence-corrected chi connectivity index (χ3v) is 2.54. The molecule has 1 aromatic carbocycles. The van der Waals surface area contributed by atoms with Crippen molar-refractivity contribution in [3.8, 4) is 11.3 Å². The number of ether oxygens (including phenoxy) is 1. The van der Waals surface area contributed by atoms with E-state index in [-0.39, 0.29) is 18.0 Å². The molecule has 2 rings (SSSR count). The Labute approximate surface area is 103 Å². The van der Waals surface area contributed by atoms with Crippen LogP contribution in [-0.4, -0.2) is 17.1 Å². The highest BCUT2D eigenvalue weighted by Gasteiger charge is 2.07. The Hall–Kier alpha value is -2.01. The zero-order valence-corrected chi connectivity index (χ0v) is 10.2. The monoisotopic (exact) mass is 248 g/mol. The Kier molecular flexibility index (Phi) is 3.53. The number of halogens is 1. The van der Waals surface area contributed by atoms with Crippen LogP contribution in [0.1, 0.15) is 11.4 Å². The fourth-order valence-electron chi connectivity index (χ4n) is 1.77. The number of hydrogen-bond acceptors (Lipinski definition) is 3. The van der Waals surface area contributed by atoms with Crippen LogP contribution in [0.3, 0.4) is 0 Å². The minimum absolute atomic E-state index is 0.226. The van der Waals surface area contributed by atoms with Crippen molar-refractivity contribution >= 4 is 0 Å². The van der Waals surface area contributed by atoms with Crippen LogP contribution in [0.25, 0.3) is 11.3 Å². The van der Waals surface area contributed by atoms with Gasteiger partial charge in [0, 0.05) is 18.7 Å². The number of aryl methyl sites for hydroxylation is 1. The van der Waals surface area contributed by atoms with Crippen molar-refractivity contribution in [1.82, 2.24) is 9.97 Å². The van der Waals surface area contributed by atoms with E-state index in [0.29, 0.717) is 11.5 Å². The van der Waals surface area contributed by atoms with Gasteiger partial charge in [0.05, 0.1) is 5.69 Å². The summed E-state index contributed by atoms with van der Waals surface area (Å²) in [6, 6.07) is 5.76. The van der Waals surface area contributed by atoms with E-state index < -0.39 is 0 Å². The second-order valence-electron chi connectivity index (χ2n) is 3.97. The van der Waals surface area contributed by atoms with Crippen LogP contribution in [0.4, 0.5) is 4.39 Å². The first-order chi connectivity index (χ1) is 8.60. The summed E-state index contributed by atoms with van der Waals surface area (Å²) >= 11 is 0. The molecule has 0 radical (unpaired) electrons. The van der Waals surface area contributed by atoms with Gasteiger partial charge in [-0.15, -0.1) is 0 Å². The van der Waals surface area contributed by atoms with Gasteiger partial charge in [0.2, 0.25) is 0 Å². The number of nitrogens with one attached hydrogen (secondary N) is 1. The van der Waals surface area contributed by atoms with Crippen LogP contribution in [0.5, 0.6) is 0 Å². The summed E-state index contributed by atoms with van der Waals surface area (Å²) in [5, 5.41) is 0. The Morgan fingerprint density at radius 1 is 1.39 bits per heavy atom. The summed E-state index contributed by atoms with van der Waals surface area (Å²) in [6.45, 7) is 2.00. The highest BCUT2D eigenvalue weighted by Crippen LogP contribution is 2.21. The maximum Gasteiger partial charge on any atom is 0.251 e. The van der Waals surface area contributed by atoms with Gasteiger partial charge in [-0.1, -0.05) is 0 Å². The number of hydrogen-bond donors (Lipinski definition) is 1. The third kappa shape index (κ3) is 2.62. The van der Waals surface area contributed by atoms with Crippen molar-refractivity contribution in [3.05, 3.63) is 51.8 Å². The zero-order chi connectivity index (χ0) is 13.1. The molecule has 1 N–H and O–H groups in total. The molecule has 18 heavy (non-hydrogen) atoms. The standard InChI is InChI=1S/C13H13FN2O2/c1-8-5-9(14)3-4-10(8)11-6-13(17)16-12(15-11)7-18-2/h3-6H,7H2,1-2H3,(H,15,16,17). The number of methoxy groups -OCH3 is 1. The molecule has 4 nitrogen and oxygen atoms in total. The van der Waals surface area contributed by atoms with Crippen molar-refractivity contribution in [2.45, 2.75) is 13.5 Å². The number of H-pyrrole nitrogens is 1. The van der Waals surface area contributed by atoms with Crippen molar-refractivity contribution in [3.63, 3.8) is 0 Å². The fraction of sp³-hybridized carbons (Fsp3) is 0.231. The highest BCUT2D eigenvalue weighted by molar-refractivity contribution is 5.62. The van der Waals surface area contributed by atoms with Crippen molar-refractivity contribution < 1.29 is 9.13 Å². The molecule has 0 atom stereocenters. The van der Waals surface area contributed by atoms with Crippen LogP contribution in [-0.2, 0) is 11.3 Å². The lowest BCUT2D eigenvalue weighted by Crippen LogP contribution is -2.12. The van der Waals surface area contributed by atoms with E-state index in [2.05, 4.69) is 9.97 Å². The van der Waals surface area contributed by atoms with Gasteiger partial charge in [0.1, 0.15) is 18.2 Å². The van der Waals surface area contributed by atoms with Gasteiger partial charge in [0.15, 0.2) is 0 Å². The first-order valence-electron chi connectivity index (χ1n) is 5.46. The molecule has 0 saturated heterocycles. The molecule has 2 aromatic rings. The normalized spacial score (nSPS) is 10.6. The summed E-state index contributed by atoms with van der Waals surface area (Å²) < 4.78 is 18.0. The average molecular weight is 248 g/mol. The molecule has 0 unspecified atom stereocenters. The number of aromatic nitrogens is 2. The number of nitrogens with zero attached hydrogens (tertiary/aromatic N) is 1. The van der Waals surface area contributed by atoms with Gasteiger partial charge in [-0.2, -0.15) is 0 Å². The minimum atomic E-state index is -0.307. The predicted octanol–water partition coefficient (Wildman–Crippen LogP) is 2.03. The smallest absolute Gasteiger partial charge is 0.251 e. The molecule has 0 spiro atoms. The molecule has 1 heterocycles. The molecule has 0 saturated carbocycles. The fourth-order valence-corrected chi connectivity index (χ4v) is 1.77. The summed E-state index contributed by atoms with van der Waals surface area (Å²) in [6.07, 6.45) is 0. The van der Waals surface area contributed by atoms with Crippen LogP contribution in [0.2, 0.25) is 0 Å². The third-order valence-electron chi connectivity index (χ3n) is 2.54. The van der Waals surface area contributed by atoms with E-state index >= 15 is 0 Å². The number of benzene rings is 1. The summed E-state index contributed by atoms with van der Waals surface area (Å²) in [5.74, 6) is 0.141. The van der Waals surface area contributed by atoms with Crippen molar-refractivity contribution in [2.75, 3.05) is 7.11 Å². The molecule has 0 aliphatic heterocycles. The van der Waals surface area contributed by atoms with E-state index in [1.165, 1.54) is 25.3 Å². The Morgan fingerprint density at radius 3 is 2.83 bits per heavy atom. The lowest BCUT2D eigenvalue weighted by molar-refractivity contribution is 0.177. The SMILES string of the molecule is COCc1nc(-c2ccc(F)cc2C)cc(=O)[nH]1. The Bertz CT molecular complexity index is 623. The largest absolute Gasteiger partial charge is 0.377 e. The van der Waals surface area contributed by atoms with Crippen LogP contribution in [0, 0.1) is 12.7 Å². The molecular weight excluding hydrogens is 235 g/mol.